The third-order valence-electron chi connectivity index (χ3n) is 7.97. The van der Waals surface area contributed by atoms with E-state index in [9.17, 15) is 4.79 Å². The van der Waals surface area contributed by atoms with Crippen LogP contribution in [0.15, 0.2) is 0 Å². The number of amides is 1. The van der Waals surface area contributed by atoms with Gasteiger partial charge in [-0.15, -0.1) is 0 Å². The van der Waals surface area contributed by atoms with Crippen LogP contribution >= 0.6 is 0 Å². The van der Waals surface area contributed by atoms with Gasteiger partial charge in [-0.1, -0.05) is 13.8 Å². The zero-order valence-corrected chi connectivity index (χ0v) is 17.2. The Hall–Kier alpha value is -0.650. The molecule has 5 fully saturated rings. The van der Waals surface area contributed by atoms with Crippen LogP contribution in [0, 0.1) is 23.7 Å². The monoisotopic (exact) mass is 375 g/mol. The van der Waals surface area contributed by atoms with Crippen molar-refractivity contribution in [2.75, 3.05) is 39.3 Å². The van der Waals surface area contributed by atoms with Crippen molar-refractivity contribution in [3.8, 4) is 0 Å². The zero-order chi connectivity index (χ0) is 18.6. The Bertz CT molecular complexity index is 570. The van der Waals surface area contributed by atoms with E-state index < -0.39 is 0 Å². The van der Waals surface area contributed by atoms with E-state index in [0.29, 0.717) is 29.8 Å². The molecule has 1 saturated carbocycles. The first-order valence-corrected chi connectivity index (χ1v) is 11.5. The number of fused-ring (bicyclic) bond motifs is 1. The van der Waals surface area contributed by atoms with Gasteiger partial charge in [-0.2, -0.15) is 0 Å². The maximum atomic E-state index is 12.1. The van der Waals surface area contributed by atoms with Gasteiger partial charge in [0.15, 0.2) is 0 Å². The molecule has 1 N–H and O–H groups in total. The number of likely N-dealkylation sites (tertiary alicyclic amines) is 2. The highest BCUT2D eigenvalue weighted by Crippen LogP contribution is 2.55. The zero-order valence-electron chi connectivity index (χ0n) is 17.2. The fraction of sp³-hybridized carbons (Fsp3) is 0.955. The standard InChI is InChI=1S/C22H37N3O2/c1-15(2)12-24-9-6-17(7-10-24)25-13-19-18(11-23-21(26)16-3-4-16)20-5-8-22(19,14-25)27-20/h15-20H,3-14H2,1-2H3,(H,23,26)/t18-,19+,20+,22+/m0/s1. The molecule has 4 saturated heterocycles. The average Bonchev–Trinajstić information content (AvgIpc) is 3.22. The largest absolute Gasteiger partial charge is 0.370 e. The van der Waals surface area contributed by atoms with Gasteiger partial charge in [0.1, 0.15) is 0 Å². The summed E-state index contributed by atoms with van der Waals surface area (Å²) in [6.45, 7) is 11.6. The molecule has 0 radical (unpaired) electrons. The van der Waals surface area contributed by atoms with Gasteiger partial charge in [0.25, 0.3) is 0 Å². The molecule has 4 atom stereocenters. The van der Waals surface area contributed by atoms with Gasteiger partial charge < -0.3 is 15.0 Å². The Morgan fingerprint density at radius 3 is 2.67 bits per heavy atom. The topological polar surface area (TPSA) is 44.8 Å². The minimum absolute atomic E-state index is 0.106. The van der Waals surface area contributed by atoms with Crippen LogP contribution in [0.1, 0.15) is 52.4 Å². The fourth-order valence-corrected chi connectivity index (χ4v) is 6.47. The van der Waals surface area contributed by atoms with Crippen LogP contribution in [0.4, 0.5) is 0 Å². The van der Waals surface area contributed by atoms with Crippen molar-refractivity contribution in [2.24, 2.45) is 23.7 Å². The van der Waals surface area contributed by atoms with Gasteiger partial charge >= 0.3 is 0 Å². The fourth-order valence-electron chi connectivity index (χ4n) is 6.47. The summed E-state index contributed by atoms with van der Waals surface area (Å²) in [5, 5.41) is 3.25. The Labute approximate surface area is 164 Å². The van der Waals surface area contributed by atoms with Crippen LogP contribution in [0.2, 0.25) is 0 Å². The van der Waals surface area contributed by atoms with Crippen molar-refractivity contribution in [2.45, 2.75) is 70.1 Å². The second-order valence-corrected chi connectivity index (χ2v) is 10.4. The molecule has 1 spiro atoms. The number of nitrogens with one attached hydrogen (secondary N) is 1. The lowest BCUT2D eigenvalue weighted by molar-refractivity contribution is -0.122. The van der Waals surface area contributed by atoms with Crippen LogP contribution in [-0.2, 0) is 9.53 Å². The summed E-state index contributed by atoms with van der Waals surface area (Å²) in [5.74, 6) is 2.53. The molecule has 0 unspecified atom stereocenters. The summed E-state index contributed by atoms with van der Waals surface area (Å²) in [4.78, 5) is 17.5. The van der Waals surface area contributed by atoms with Gasteiger partial charge in [0.2, 0.25) is 5.91 Å². The van der Waals surface area contributed by atoms with Gasteiger partial charge in [-0.05, 0) is 57.5 Å². The molecule has 0 aromatic rings. The summed E-state index contributed by atoms with van der Waals surface area (Å²) in [6, 6.07) is 0.734. The first-order chi connectivity index (χ1) is 13.0. The highest BCUT2D eigenvalue weighted by molar-refractivity contribution is 5.80. The normalized spacial score (nSPS) is 40.0. The molecule has 1 aliphatic carbocycles. The van der Waals surface area contributed by atoms with Gasteiger partial charge in [-0.3, -0.25) is 9.69 Å². The van der Waals surface area contributed by atoms with E-state index in [-0.39, 0.29) is 5.60 Å². The van der Waals surface area contributed by atoms with Crippen LogP contribution < -0.4 is 5.32 Å². The lowest BCUT2D eigenvalue weighted by Crippen LogP contribution is -2.46. The molecular weight excluding hydrogens is 338 g/mol. The van der Waals surface area contributed by atoms with E-state index in [2.05, 4.69) is 29.0 Å². The molecule has 5 heteroatoms. The number of nitrogens with zero attached hydrogens (tertiary/aromatic N) is 2. The van der Waals surface area contributed by atoms with E-state index >= 15 is 0 Å². The predicted molar refractivity (Wildman–Crippen MR) is 105 cm³/mol. The van der Waals surface area contributed by atoms with E-state index in [1.807, 2.05) is 0 Å². The Kier molecular flexibility index (Phi) is 4.76. The van der Waals surface area contributed by atoms with Gasteiger partial charge in [0, 0.05) is 50.0 Å². The molecule has 5 aliphatic rings. The van der Waals surface area contributed by atoms with Crippen LogP contribution in [0.3, 0.4) is 0 Å². The van der Waals surface area contributed by atoms with E-state index in [1.54, 1.807) is 0 Å². The highest BCUT2D eigenvalue weighted by Gasteiger charge is 2.63. The van der Waals surface area contributed by atoms with Gasteiger partial charge in [0.05, 0.1) is 11.7 Å². The molecule has 27 heavy (non-hydrogen) atoms. The molecule has 0 aromatic carbocycles. The molecule has 152 valence electrons. The van der Waals surface area contributed by atoms with Crippen molar-refractivity contribution in [1.29, 1.82) is 0 Å². The lowest BCUT2D eigenvalue weighted by atomic mass is 9.73. The third-order valence-corrected chi connectivity index (χ3v) is 7.97. The Balaban J connectivity index is 1.18. The van der Waals surface area contributed by atoms with E-state index in [1.165, 1.54) is 51.9 Å². The number of rotatable bonds is 6. The second-order valence-electron chi connectivity index (χ2n) is 10.4. The number of hydrogen-bond donors (Lipinski definition) is 1. The SMILES string of the molecule is CC(C)CN1CCC(N2C[C@@H]3[C@H](CNC(=O)C4CC4)[C@H]4CC[C@]3(C2)O4)CC1. The number of hydrogen-bond acceptors (Lipinski definition) is 4. The quantitative estimate of drug-likeness (QED) is 0.772. The van der Waals surface area contributed by atoms with Crippen LogP contribution in [0.5, 0.6) is 0 Å². The van der Waals surface area contributed by atoms with E-state index in [0.717, 1.165) is 37.9 Å². The molecular formula is C22H37N3O2. The summed E-state index contributed by atoms with van der Waals surface area (Å²) in [7, 11) is 0. The Morgan fingerprint density at radius 2 is 1.96 bits per heavy atom. The number of piperidine rings is 1. The summed E-state index contributed by atoms with van der Waals surface area (Å²) in [6.07, 6.45) is 7.62. The molecule has 1 amide bonds. The Morgan fingerprint density at radius 1 is 1.19 bits per heavy atom. The second kappa shape index (κ2) is 7.00. The molecule has 4 heterocycles. The minimum atomic E-state index is 0.106. The van der Waals surface area contributed by atoms with Gasteiger partial charge in [-0.25, -0.2) is 0 Å². The molecule has 2 bridgehead atoms. The molecule has 4 aliphatic heterocycles. The first-order valence-electron chi connectivity index (χ1n) is 11.5. The highest BCUT2D eigenvalue weighted by atomic mass is 16.5. The van der Waals surface area contributed by atoms with Crippen molar-refractivity contribution in [1.82, 2.24) is 15.1 Å². The lowest BCUT2D eigenvalue weighted by Gasteiger charge is -2.38. The van der Waals surface area contributed by atoms with Crippen molar-refractivity contribution < 1.29 is 9.53 Å². The predicted octanol–water partition coefficient (Wildman–Crippen LogP) is 2.11. The number of carbonyl (C=O) groups is 1. The molecule has 5 nitrogen and oxygen atoms in total. The maximum Gasteiger partial charge on any atom is 0.223 e. The van der Waals surface area contributed by atoms with E-state index in [4.69, 9.17) is 4.74 Å². The maximum absolute atomic E-state index is 12.1. The summed E-state index contributed by atoms with van der Waals surface area (Å²) >= 11 is 0. The first kappa shape index (κ1) is 18.4. The molecule has 5 rings (SSSR count). The third kappa shape index (κ3) is 3.44. The number of ether oxygens (including phenoxy) is 1. The van der Waals surface area contributed by atoms with Crippen LogP contribution in [-0.4, -0.2) is 72.7 Å². The smallest absolute Gasteiger partial charge is 0.223 e. The number of carbonyl (C=O) groups excluding carboxylic acids is 1. The summed E-state index contributed by atoms with van der Waals surface area (Å²) in [5.41, 5.74) is 0.106. The molecule has 0 aromatic heterocycles. The van der Waals surface area contributed by atoms with Crippen molar-refractivity contribution in [3.63, 3.8) is 0 Å². The van der Waals surface area contributed by atoms with Crippen molar-refractivity contribution in [3.05, 3.63) is 0 Å². The minimum Gasteiger partial charge on any atom is -0.370 e. The average molecular weight is 376 g/mol. The van der Waals surface area contributed by atoms with Crippen molar-refractivity contribution >= 4 is 5.91 Å². The summed E-state index contributed by atoms with van der Waals surface area (Å²) < 4.78 is 6.60. The van der Waals surface area contributed by atoms with Crippen LogP contribution in [0.25, 0.3) is 0 Å².